The fraction of sp³-hybridized carbons (Fsp3) is 0.632. The Hall–Kier alpha value is -1.31. The monoisotopic (exact) mass is 350 g/mol. The molecule has 6 nitrogen and oxygen atoms in total. The predicted molar refractivity (Wildman–Crippen MR) is 89.8 cm³/mol. The second kappa shape index (κ2) is 7.13. The van der Waals surface area contributed by atoms with E-state index in [0.29, 0.717) is 13.2 Å². The van der Waals surface area contributed by atoms with E-state index in [4.69, 9.17) is 23.7 Å². The number of rotatable bonds is 6. The summed E-state index contributed by atoms with van der Waals surface area (Å²) in [6, 6.07) is 9.70. The molecule has 1 aromatic rings. The summed E-state index contributed by atoms with van der Waals surface area (Å²) < 4.78 is 29.4. The van der Waals surface area contributed by atoms with Crippen molar-refractivity contribution in [3.8, 4) is 0 Å². The molecule has 2 fully saturated rings. The molecule has 0 unspecified atom stereocenters. The molecule has 4 atom stereocenters. The van der Waals surface area contributed by atoms with Gasteiger partial charge in [0.15, 0.2) is 17.9 Å². The second-order valence-corrected chi connectivity index (χ2v) is 7.33. The SMILES string of the molecule is CC1(C)O[C@H]([C@H](C=O)OCc2ccccc2)[C@@H]([C@H]2COC(C)(C)O2)O1. The van der Waals surface area contributed by atoms with Crippen LogP contribution in [0.5, 0.6) is 0 Å². The normalized spacial score (nSPS) is 31.8. The lowest BCUT2D eigenvalue weighted by atomic mass is 10.0. The Labute approximate surface area is 148 Å². The molecule has 0 saturated carbocycles. The number of carbonyl (C=O) groups excluding carboxylic acids is 1. The van der Waals surface area contributed by atoms with Crippen molar-refractivity contribution in [2.24, 2.45) is 0 Å². The topological polar surface area (TPSA) is 63.2 Å². The van der Waals surface area contributed by atoms with Crippen molar-refractivity contribution in [1.29, 1.82) is 0 Å². The zero-order valence-electron chi connectivity index (χ0n) is 15.1. The maximum atomic E-state index is 11.7. The maximum Gasteiger partial charge on any atom is 0.164 e. The number of aldehydes is 1. The molecule has 0 bridgehead atoms. The minimum Gasteiger partial charge on any atom is -0.363 e. The van der Waals surface area contributed by atoms with Gasteiger partial charge >= 0.3 is 0 Å². The molecular weight excluding hydrogens is 324 g/mol. The van der Waals surface area contributed by atoms with Crippen LogP contribution in [0.4, 0.5) is 0 Å². The molecule has 0 spiro atoms. The fourth-order valence-corrected chi connectivity index (χ4v) is 3.21. The third kappa shape index (κ3) is 4.46. The van der Waals surface area contributed by atoms with Crippen LogP contribution in [-0.2, 0) is 35.1 Å². The van der Waals surface area contributed by atoms with E-state index in [1.165, 1.54) is 0 Å². The number of ether oxygens (including phenoxy) is 5. The minimum absolute atomic E-state index is 0.315. The lowest BCUT2D eigenvalue weighted by molar-refractivity contribution is -0.175. The summed E-state index contributed by atoms with van der Waals surface area (Å²) in [4.78, 5) is 11.7. The molecule has 138 valence electrons. The Morgan fingerprint density at radius 3 is 2.44 bits per heavy atom. The summed E-state index contributed by atoms with van der Waals surface area (Å²) in [6.45, 7) is 8.06. The highest BCUT2D eigenvalue weighted by molar-refractivity contribution is 5.57. The highest BCUT2D eigenvalue weighted by atomic mass is 16.8. The molecule has 0 N–H and O–H groups in total. The van der Waals surface area contributed by atoms with Crippen LogP contribution in [0.2, 0.25) is 0 Å². The summed E-state index contributed by atoms with van der Waals surface area (Å²) in [5, 5.41) is 0. The van der Waals surface area contributed by atoms with Crippen LogP contribution in [0.15, 0.2) is 30.3 Å². The van der Waals surface area contributed by atoms with Gasteiger partial charge in [-0.3, -0.25) is 0 Å². The van der Waals surface area contributed by atoms with Gasteiger partial charge in [-0.1, -0.05) is 30.3 Å². The molecule has 1 aromatic carbocycles. The lowest BCUT2D eigenvalue weighted by Gasteiger charge is -2.26. The van der Waals surface area contributed by atoms with Crippen LogP contribution in [0.3, 0.4) is 0 Å². The molecule has 25 heavy (non-hydrogen) atoms. The summed E-state index contributed by atoms with van der Waals surface area (Å²) in [5.74, 6) is -1.49. The molecule has 3 rings (SSSR count). The van der Waals surface area contributed by atoms with Gasteiger partial charge in [0, 0.05) is 0 Å². The van der Waals surface area contributed by atoms with E-state index in [2.05, 4.69) is 0 Å². The van der Waals surface area contributed by atoms with Crippen molar-refractivity contribution in [2.75, 3.05) is 6.61 Å². The van der Waals surface area contributed by atoms with E-state index in [0.717, 1.165) is 11.8 Å². The van der Waals surface area contributed by atoms with E-state index >= 15 is 0 Å². The van der Waals surface area contributed by atoms with E-state index in [1.807, 2.05) is 58.0 Å². The molecule has 0 aromatic heterocycles. The average molecular weight is 350 g/mol. The first-order valence-corrected chi connectivity index (χ1v) is 8.58. The lowest BCUT2D eigenvalue weighted by Crippen LogP contribution is -2.45. The Morgan fingerprint density at radius 2 is 1.84 bits per heavy atom. The quantitative estimate of drug-likeness (QED) is 0.735. The van der Waals surface area contributed by atoms with Gasteiger partial charge in [-0.2, -0.15) is 0 Å². The van der Waals surface area contributed by atoms with E-state index in [1.54, 1.807) is 0 Å². The summed E-state index contributed by atoms with van der Waals surface area (Å²) in [7, 11) is 0. The zero-order valence-corrected chi connectivity index (χ0v) is 15.1. The molecule has 0 radical (unpaired) electrons. The average Bonchev–Trinajstić information content (AvgIpc) is 3.08. The van der Waals surface area contributed by atoms with Gasteiger partial charge in [0.25, 0.3) is 0 Å². The standard InChI is InChI=1S/C19H26O6/c1-18(2)22-12-15(23-18)17-16(24-19(3,4)25-17)14(10-20)21-11-13-8-6-5-7-9-13/h5-10,14-17H,11-12H2,1-4H3/t14-,15+,16+,17+/m0/s1. The Kier molecular flexibility index (Phi) is 5.27. The van der Waals surface area contributed by atoms with Gasteiger partial charge in [-0.05, 0) is 33.3 Å². The van der Waals surface area contributed by atoms with Crippen molar-refractivity contribution >= 4 is 6.29 Å². The van der Waals surface area contributed by atoms with Crippen LogP contribution in [0.25, 0.3) is 0 Å². The van der Waals surface area contributed by atoms with Crippen molar-refractivity contribution in [3.05, 3.63) is 35.9 Å². The highest BCUT2D eigenvalue weighted by Crippen LogP contribution is 2.37. The van der Waals surface area contributed by atoms with Crippen LogP contribution in [0, 0.1) is 0 Å². The van der Waals surface area contributed by atoms with Gasteiger partial charge in [0.1, 0.15) is 24.4 Å². The Morgan fingerprint density at radius 1 is 1.12 bits per heavy atom. The number of benzene rings is 1. The molecule has 2 saturated heterocycles. The third-order valence-electron chi connectivity index (χ3n) is 4.30. The smallest absolute Gasteiger partial charge is 0.164 e. The highest BCUT2D eigenvalue weighted by Gasteiger charge is 2.52. The number of carbonyl (C=O) groups is 1. The maximum absolute atomic E-state index is 11.7. The second-order valence-electron chi connectivity index (χ2n) is 7.33. The molecule has 0 aliphatic carbocycles. The molecule has 2 aliphatic rings. The van der Waals surface area contributed by atoms with Gasteiger partial charge in [-0.15, -0.1) is 0 Å². The molecule has 2 heterocycles. The van der Waals surface area contributed by atoms with E-state index < -0.39 is 29.9 Å². The van der Waals surface area contributed by atoms with Gasteiger partial charge in [0.05, 0.1) is 13.2 Å². The van der Waals surface area contributed by atoms with Crippen LogP contribution in [-0.4, -0.2) is 48.9 Å². The van der Waals surface area contributed by atoms with Gasteiger partial charge < -0.3 is 28.5 Å². The van der Waals surface area contributed by atoms with Crippen LogP contribution in [0.1, 0.15) is 33.3 Å². The van der Waals surface area contributed by atoms with Gasteiger partial charge in [-0.25, -0.2) is 0 Å². The van der Waals surface area contributed by atoms with E-state index in [-0.39, 0.29) is 6.10 Å². The van der Waals surface area contributed by atoms with Crippen molar-refractivity contribution in [1.82, 2.24) is 0 Å². The predicted octanol–water partition coefficient (Wildman–Crippen LogP) is 2.44. The summed E-state index contributed by atoms with van der Waals surface area (Å²) in [5.41, 5.74) is 0.991. The van der Waals surface area contributed by atoms with Gasteiger partial charge in [0.2, 0.25) is 0 Å². The number of hydrogen-bond acceptors (Lipinski definition) is 6. The molecule has 2 aliphatic heterocycles. The largest absolute Gasteiger partial charge is 0.363 e. The Balaban J connectivity index is 1.70. The van der Waals surface area contributed by atoms with Crippen LogP contribution >= 0.6 is 0 Å². The fourth-order valence-electron chi connectivity index (χ4n) is 3.21. The van der Waals surface area contributed by atoms with Crippen molar-refractivity contribution < 1.29 is 28.5 Å². The minimum atomic E-state index is -0.817. The molecule has 6 heteroatoms. The third-order valence-corrected chi connectivity index (χ3v) is 4.30. The summed E-state index contributed by atoms with van der Waals surface area (Å²) in [6.07, 6.45) is -1.29. The first-order valence-electron chi connectivity index (χ1n) is 8.58. The first kappa shape index (κ1) is 18.5. The van der Waals surface area contributed by atoms with E-state index in [9.17, 15) is 4.79 Å². The van der Waals surface area contributed by atoms with Crippen LogP contribution < -0.4 is 0 Å². The number of hydrogen-bond donors (Lipinski definition) is 0. The Bertz CT molecular complexity index is 585. The van der Waals surface area contributed by atoms with Crippen molar-refractivity contribution in [3.63, 3.8) is 0 Å². The first-order chi connectivity index (χ1) is 11.8. The molecule has 0 amide bonds. The molecular formula is C19H26O6. The van der Waals surface area contributed by atoms with Crippen molar-refractivity contribution in [2.45, 2.75) is 70.3 Å². The zero-order chi connectivity index (χ0) is 18.1. The summed E-state index contributed by atoms with van der Waals surface area (Å²) >= 11 is 0.